The van der Waals surface area contributed by atoms with Gasteiger partial charge in [-0.1, -0.05) is 24.3 Å². The largest absolute Gasteiger partial charge is 0.459 e. The smallest absolute Gasteiger partial charge is 0.289 e. The molecule has 0 spiro atoms. The van der Waals surface area contributed by atoms with E-state index in [-0.39, 0.29) is 29.9 Å². The molecule has 1 N–H and O–H groups in total. The number of piperazine rings is 1. The maximum Gasteiger partial charge on any atom is 0.289 e. The number of aliphatic imine (C=N–C) groups is 1. The summed E-state index contributed by atoms with van der Waals surface area (Å²) in [5, 5.41) is 3.39. The molecular formula is C23H29IN6O2. The first-order valence-electron chi connectivity index (χ1n) is 10.6. The van der Waals surface area contributed by atoms with Crippen LogP contribution in [0, 0.1) is 0 Å². The van der Waals surface area contributed by atoms with Crippen molar-refractivity contribution in [1.82, 2.24) is 24.7 Å². The minimum absolute atomic E-state index is 0. The Morgan fingerprint density at radius 3 is 2.59 bits per heavy atom. The van der Waals surface area contributed by atoms with Crippen molar-refractivity contribution in [1.29, 1.82) is 0 Å². The second-order valence-corrected chi connectivity index (χ2v) is 7.48. The molecule has 2 aromatic heterocycles. The number of benzene rings is 1. The van der Waals surface area contributed by atoms with E-state index >= 15 is 0 Å². The number of halogens is 1. The zero-order valence-electron chi connectivity index (χ0n) is 18.2. The summed E-state index contributed by atoms with van der Waals surface area (Å²) in [6, 6.07) is 11.9. The predicted molar refractivity (Wildman–Crippen MR) is 134 cm³/mol. The van der Waals surface area contributed by atoms with Gasteiger partial charge in [-0.15, -0.1) is 24.0 Å². The van der Waals surface area contributed by atoms with Gasteiger partial charge in [-0.05, 0) is 30.2 Å². The van der Waals surface area contributed by atoms with Gasteiger partial charge in [-0.3, -0.25) is 4.79 Å². The molecule has 1 fully saturated rings. The van der Waals surface area contributed by atoms with E-state index in [1.54, 1.807) is 18.3 Å². The molecule has 170 valence electrons. The Balaban J connectivity index is 0.00000289. The number of carbonyl (C=O) groups is 1. The molecular weight excluding hydrogens is 519 g/mol. The van der Waals surface area contributed by atoms with E-state index in [0.717, 1.165) is 32.1 Å². The molecule has 32 heavy (non-hydrogen) atoms. The van der Waals surface area contributed by atoms with Crippen molar-refractivity contribution < 1.29 is 9.21 Å². The Kier molecular flexibility index (Phi) is 8.72. The van der Waals surface area contributed by atoms with Gasteiger partial charge in [0.1, 0.15) is 0 Å². The van der Waals surface area contributed by atoms with Crippen molar-refractivity contribution in [2.24, 2.45) is 4.99 Å². The van der Waals surface area contributed by atoms with Crippen LogP contribution in [0.3, 0.4) is 0 Å². The van der Waals surface area contributed by atoms with Gasteiger partial charge < -0.3 is 24.1 Å². The summed E-state index contributed by atoms with van der Waals surface area (Å²) in [5.41, 5.74) is 2.39. The summed E-state index contributed by atoms with van der Waals surface area (Å²) < 4.78 is 7.30. The minimum Gasteiger partial charge on any atom is -0.459 e. The Morgan fingerprint density at radius 1 is 1.12 bits per heavy atom. The van der Waals surface area contributed by atoms with E-state index in [1.165, 1.54) is 17.4 Å². The standard InChI is InChI=1S/C23H28N6O2.HI/c1-2-25-23(29-12-10-28(11-13-29)22(30)21-7-4-14-31-21)26-16-19-5-3-6-20(15-19)17-27-9-8-24-18-27;/h3-9,14-15,18H,2,10-13,16-17H2,1H3,(H,25,26);1H. The quantitative estimate of drug-likeness (QED) is 0.291. The van der Waals surface area contributed by atoms with Crippen LogP contribution in [0.4, 0.5) is 0 Å². The molecule has 8 nitrogen and oxygen atoms in total. The van der Waals surface area contributed by atoms with Crippen LogP contribution in [0.1, 0.15) is 28.6 Å². The Bertz CT molecular complexity index is 995. The predicted octanol–water partition coefficient (Wildman–Crippen LogP) is 3.07. The first kappa shape index (κ1) is 23.8. The molecule has 1 amide bonds. The molecule has 0 unspecified atom stereocenters. The van der Waals surface area contributed by atoms with E-state index in [9.17, 15) is 4.79 Å². The average Bonchev–Trinajstić information content (AvgIpc) is 3.51. The SMILES string of the molecule is CCNC(=NCc1cccc(Cn2ccnc2)c1)N1CCN(C(=O)c2ccco2)CC1.I. The molecule has 0 bridgehead atoms. The second-order valence-electron chi connectivity index (χ2n) is 7.48. The second kappa shape index (κ2) is 11.7. The van der Waals surface area contributed by atoms with Crippen molar-refractivity contribution in [3.05, 3.63) is 78.3 Å². The van der Waals surface area contributed by atoms with Crippen LogP contribution in [-0.4, -0.2) is 63.9 Å². The molecule has 3 aromatic rings. The lowest BCUT2D eigenvalue weighted by atomic mass is 10.1. The molecule has 4 rings (SSSR count). The maximum atomic E-state index is 12.5. The Labute approximate surface area is 205 Å². The third-order valence-electron chi connectivity index (χ3n) is 5.26. The number of imidazole rings is 1. The van der Waals surface area contributed by atoms with Gasteiger partial charge in [0, 0.05) is 51.7 Å². The fourth-order valence-electron chi connectivity index (χ4n) is 3.69. The van der Waals surface area contributed by atoms with Crippen LogP contribution in [-0.2, 0) is 13.1 Å². The number of furan rings is 1. The highest BCUT2D eigenvalue weighted by molar-refractivity contribution is 14.0. The normalized spacial score (nSPS) is 14.2. The highest BCUT2D eigenvalue weighted by Crippen LogP contribution is 2.11. The van der Waals surface area contributed by atoms with E-state index in [4.69, 9.17) is 9.41 Å². The maximum absolute atomic E-state index is 12.5. The topological polar surface area (TPSA) is 78.9 Å². The van der Waals surface area contributed by atoms with E-state index in [0.29, 0.717) is 25.4 Å². The molecule has 1 saturated heterocycles. The number of aromatic nitrogens is 2. The number of hydrogen-bond acceptors (Lipinski definition) is 4. The molecule has 9 heteroatoms. The van der Waals surface area contributed by atoms with Crippen molar-refractivity contribution in [3.63, 3.8) is 0 Å². The van der Waals surface area contributed by atoms with Crippen LogP contribution in [0.5, 0.6) is 0 Å². The molecule has 0 atom stereocenters. The molecule has 0 radical (unpaired) electrons. The summed E-state index contributed by atoms with van der Waals surface area (Å²) in [6.45, 7) is 7.02. The van der Waals surface area contributed by atoms with Crippen molar-refractivity contribution in [2.45, 2.75) is 20.0 Å². The molecule has 1 aliphatic heterocycles. The average molecular weight is 548 g/mol. The number of carbonyl (C=O) groups excluding carboxylic acids is 1. The summed E-state index contributed by atoms with van der Waals surface area (Å²) >= 11 is 0. The number of rotatable bonds is 6. The molecule has 1 aromatic carbocycles. The number of nitrogens with zero attached hydrogens (tertiary/aromatic N) is 5. The monoisotopic (exact) mass is 548 g/mol. The van der Waals surface area contributed by atoms with Gasteiger partial charge in [0.25, 0.3) is 5.91 Å². The first-order chi connectivity index (χ1) is 15.2. The fourth-order valence-corrected chi connectivity index (χ4v) is 3.69. The first-order valence-corrected chi connectivity index (χ1v) is 10.6. The fraction of sp³-hybridized carbons (Fsp3) is 0.348. The van der Waals surface area contributed by atoms with E-state index in [2.05, 4.69) is 51.0 Å². The van der Waals surface area contributed by atoms with E-state index in [1.807, 2.05) is 17.4 Å². The van der Waals surface area contributed by atoms with Crippen molar-refractivity contribution >= 4 is 35.8 Å². The number of amides is 1. The lowest BCUT2D eigenvalue weighted by Gasteiger charge is -2.36. The summed E-state index contributed by atoms with van der Waals surface area (Å²) in [4.78, 5) is 25.5. The van der Waals surface area contributed by atoms with Gasteiger partial charge in [0.15, 0.2) is 11.7 Å². The number of guanidine groups is 1. The molecule has 1 aliphatic rings. The Hall–Kier alpha value is -2.82. The van der Waals surface area contributed by atoms with Crippen molar-refractivity contribution in [3.8, 4) is 0 Å². The van der Waals surface area contributed by atoms with E-state index < -0.39 is 0 Å². The zero-order valence-corrected chi connectivity index (χ0v) is 20.5. The van der Waals surface area contributed by atoms with Crippen LogP contribution < -0.4 is 5.32 Å². The van der Waals surface area contributed by atoms with Gasteiger partial charge in [-0.25, -0.2) is 9.98 Å². The molecule has 0 saturated carbocycles. The summed E-state index contributed by atoms with van der Waals surface area (Å²) in [7, 11) is 0. The number of hydrogen-bond donors (Lipinski definition) is 1. The third kappa shape index (κ3) is 6.12. The van der Waals surface area contributed by atoms with Gasteiger partial charge in [0.2, 0.25) is 0 Å². The van der Waals surface area contributed by atoms with Gasteiger partial charge in [0.05, 0.1) is 19.1 Å². The van der Waals surface area contributed by atoms with Gasteiger partial charge in [-0.2, -0.15) is 0 Å². The molecule has 0 aliphatic carbocycles. The molecule has 3 heterocycles. The van der Waals surface area contributed by atoms with Crippen LogP contribution in [0.25, 0.3) is 0 Å². The third-order valence-corrected chi connectivity index (χ3v) is 5.26. The Morgan fingerprint density at radius 2 is 1.91 bits per heavy atom. The van der Waals surface area contributed by atoms with Crippen molar-refractivity contribution in [2.75, 3.05) is 32.7 Å². The van der Waals surface area contributed by atoms with Crippen LogP contribution >= 0.6 is 24.0 Å². The number of nitrogens with one attached hydrogen (secondary N) is 1. The van der Waals surface area contributed by atoms with Gasteiger partial charge >= 0.3 is 0 Å². The summed E-state index contributed by atoms with van der Waals surface area (Å²) in [6.07, 6.45) is 7.11. The summed E-state index contributed by atoms with van der Waals surface area (Å²) in [5.74, 6) is 1.22. The highest BCUT2D eigenvalue weighted by atomic mass is 127. The van der Waals surface area contributed by atoms with Crippen LogP contribution in [0.2, 0.25) is 0 Å². The lowest BCUT2D eigenvalue weighted by Crippen LogP contribution is -2.53. The minimum atomic E-state index is -0.0544. The zero-order chi connectivity index (χ0) is 21.5. The highest BCUT2D eigenvalue weighted by Gasteiger charge is 2.25. The lowest BCUT2D eigenvalue weighted by molar-refractivity contribution is 0.0657. The van der Waals surface area contributed by atoms with Crippen LogP contribution in [0.15, 0.2) is 70.8 Å².